The molecule has 0 aliphatic heterocycles. The molecule has 0 unspecified atom stereocenters. The minimum absolute atomic E-state index is 0.198. The van der Waals surface area contributed by atoms with E-state index in [0.29, 0.717) is 11.6 Å². The van der Waals surface area contributed by atoms with Crippen molar-refractivity contribution in [2.45, 2.75) is 6.18 Å². The summed E-state index contributed by atoms with van der Waals surface area (Å²) in [7, 11) is 0. The molecule has 0 aliphatic rings. The van der Waals surface area contributed by atoms with Crippen LogP contribution in [-0.4, -0.2) is 22.1 Å². The van der Waals surface area contributed by atoms with Gasteiger partial charge in [-0.05, 0) is 54.1 Å². The number of benzene rings is 2. The fraction of sp³-hybridized carbons (Fsp3) is 0.0500. The van der Waals surface area contributed by atoms with Crippen LogP contribution in [0.5, 0.6) is 5.75 Å². The molecular formula is C20H13F3N4O4. The molecule has 1 heterocycles. The minimum atomic E-state index is -4.70. The topological polar surface area (TPSA) is 107 Å². The van der Waals surface area contributed by atoms with Gasteiger partial charge >= 0.3 is 12.1 Å². The summed E-state index contributed by atoms with van der Waals surface area (Å²) in [4.78, 5) is 25.9. The van der Waals surface area contributed by atoms with Gasteiger partial charge in [-0.25, -0.2) is 4.79 Å². The Morgan fingerprint density at radius 3 is 2.52 bits per heavy atom. The Hall–Kier alpha value is -4.28. The first kappa shape index (κ1) is 21.4. The summed E-state index contributed by atoms with van der Waals surface area (Å²) in [6.07, 6.45) is -0.503. The zero-order valence-corrected chi connectivity index (χ0v) is 15.5. The van der Waals surface area contributed by atoms with E-state index in [1.807, 2.05) is 0 Å². The van der Waals surface area contributed by atoms with Gasteiger partial charge in [0.05, 0.1) is 22.3 Å². The molecule has 1 aromatic heterocycles. The lowest BCUT2D eigenvalue weighted by Gasteiger charge is -2.08. The molecule has 11 heteroatoms. The maximum absolute atomic E-state index is 12.7. The summed E-state index contributed by atoms with van der Waals surface area (Å²) in [5.41, 5.74) is 1.10. The van der Waals surface area contributed by atoms with Crippen molar-refractivity contribution in [3.05, 3.63) is 93.8 Å². The third-order valence-corrected chi connectivity index (χ3v) is 3.91. The van der Waals surface area contributed by atoms with Gasteiger partial charge in [-0.1, -0.05) is 0 Å². The van der Waals surface area contributed by atoms with Crippen LogP contribution in [0.2, 0.25) is 0 Å². The number of anilines is 1. The van der Waals surface area contributed by atoms with Crippen molar-refractivity contribution in [3.8, 4) is 5.75 Å². The van der Waals surface area contributed by atoms with Crippen molar-refractivity contribution < 1.29 is 27.6 Å². The van der Waals surface area contributed by atoms with Gasteiger partial charge in [0.2, 0.25) is 0 Å². The highest BCUT2D eigenvalue weighted by atomic mass is 19.4. The fourth-order valence-corrected chi connectivity index (χ4v) is 2.40. The van der Waals surface area contributed by atoms with Gasteiger partial charge in [-0.15, -0.1) is 0 Å². The molecule has 0 spiro atoms. The normalized spacial score (nSPS) is 11.3. The highest BCUT2D eigenvalue weighted by molar-refractivity contribution is 5.90. The number of ether oxygens (including phenoxy) is 1. The number of nitro benzene ring substituents is 1. The van der Waals surface area contributed by atoms with E-state index in [9.17, 15) is 28.1 Å². The first-order valence-corrected chi connectivity index (χ1v) is 8.61. The largest absolute Gasteiger partial charge is 0.423 e. The van der Waals surface area contributed by atoms with E-state index in [1.165, 1.54) is 30.7 Å². The summed E-state index contributed by atoms with van der Waals surface area (Å²) >= 11 is 0. The average Bonchev–Trinajstić information content (AvgIpc) is 2.75. The number of aromatic nitrogens is 1. The fourth-order valence-electron chi connectivity index (χ4n) is 2.40. The molecule has 0 amide bonds. The second kappa shape index (κ2) is 9.03. The van der Waals surface area contributed by atoms with Gasteiger partial charge < -0.3 is 4.74 Å². The molecule has 0 radical (unpaired) electrons. The van der Waals surface area contributed by atoms with Gasteiger partial charge in [0.15, 0.2) is 0 Å². The van der Waals surface area contributed by atoms with Gasteiger partial charge in [0.1, 0.15) is 11.4 Å². The first-order chi connectivity index (χ1) is 14.7. The Morgan fingerprint density at radius 1 is 1.16 bits per heavy atom. The van der Waals surface area contributed by atoms with Crippen molar-refractivity contribution in [2.24, 2.45) is 5.10 Å². The van der Waals surface area contributed by atoms with Crippen molar-refractivity contribution in [3.63, 3.8) is 0 Å². The molecule has 0 aliphatic carbocycles. The summed E-state index contributed by atoms with van der Waals surface area (Å²) in [6.45, 7) is 0. The Balaban J connectivity index is 1.66. The van der Waals surface area contributed by atoms with E-state index >= 15 is 0 Å². The highest BCUT2D eigenvalue weighted by Crippen LogP contribution is 2.34. The molecule has 0 atom stereocenters. The summed E-state index contributed by atoms with van der Waals surface area (Å²) in [5.74, 6) is -0.303. The SMILES string of the molecule is O=C(Oc1ccc(C=NNc2ccc(C(F)(F)F)cc2[N+](=O)[O-])cc1)c1cccnc1. The summed E-state index contributed by atoms with van der Waals surface area (Å²) in [6, 6.07) is 11.4. The molecule has 3 aromatic rings. The van der Waals surface area contributed by atoms with Gasteiger partial charge in [0, 0.05) is 18.5 Å². The zero-order valence-electron chi connectivity index (χ0n) is 15.5. The van der Waals surface area contributed by atoms with Crippen LogP contribution in [0.1, 0.15) is 21.5 Å². The van der Waals surface area contributed by atoms with Crippen LogP contribution in [0.4, 0.5) is 24.5 Å². The number of carbonyl (C=O) groups is 1. The van der Waals surface area contributed by atoms with Gasteiger partial charge in [-0.3, -0.25) is 20.5 Å². The lowest BCUT2D eigenvalue weighted by molar-refractivity contribution is -0.384. The maximum atomic E-state index is 12.7. The number of alkyl halides is 3. The second-order valence-corrected chi connectivity index (χ2v) is 6.06. The standard InChI is InChI=1S/C20H13F3N4O4/c21-20(22,23)15-5-8-17(18(10-15)27(29)30)26-25-11-13-3-6-16(7-4-13)31-19(28)14-2-1-9-24-12-14/h1-12,26H. The molecule has 158 valence electrons. The lowest BCUT2D eigenvalue weighted by Crippen LogP contribution is -2.08. The smallest absolute Gasteiger partial charge is 0.416 e. The van der Waals surface area contributed by atoms with Crippen LogP contribution in [0.25, 0.3) is 0 Å². The van der Waals surface area contributed by atoms with Gasteiger partial charge in [-0.2, -0.15) is 18.3 Å². The van der Waals surface area contributed by atoms with E-state index in [4.69, 9.17) is 4.74 Å². The Kier molecular flexibility index (Phi) is 6.24. The predicted octanol–water partition coefficient (Wildman–Crippen LogP) is 4.67. The monoisotopic (exact) mass is 430 g/mol. The molecule has 0 bridgehead atoms. The quantitative estimate of drug-likeness (QED) is 0.200. The zero-order chi connectivity index (χ0) is 22.4. The number of nitrogens with one attached hydrogen (secondary N) is 1. The molecule has 2 aromatic carbocycles. The minimum Gasteiger partial charge on any atom is -0.423 e. The van der Waals surface area contributed by atoms with Crippen LogP contribution in [0, 0.1) is 10.1 Å². The Bertz CT molecular complexity index is 1120. The van der Waals surface area contributed by atoms with Crippen LogP contribution in [-0.2, 0) is 6.18 Å². The van der Waals surface area contributed by atoms with Gasteiger partial charge in [0.25, 0.3) is 5.69 Å². The maximum Gasteiger partial charge on any atom is 0.416 e. The van der Waals surface area contributed by atoms with Crippen LogP contribution in [0.3, 0.4) is 0 Å². The number of nitro groups is 1. The second-order valence-electron chi connectivity index (χ2n) is 6.06. The number of esters is 1. The van der Waals surface area contributed by atoms with Crippen molar-refractivity contribution in [1.82, 2.24) is 4.98 Å². The number of halogens is 3. The number of hydrogen-bond donors (Lipinski definition) is 1. The van der Waals surface area contributed by atoms with Crippen LogP contribution < -0.4 is 10.2 Å². The molecule has 8 nitrogen and oxygen atoms in total. The summed E-state index contributed by atoms with van der Waals surface area (Å²) in [5, 5.41) is 14.9. The molecule has 0 saturated carbocycles. The van der Waals surface area contributed by atoms with Crippen molar-refractivity contribution in [1.29, 1.82) is 0 Å². The number of rotatable bonds is 6. The van der Waals surface area contributed by atoms with E-state index < -0.39 is 28.3 Å². The number of hydrazone groups is 1. The average molecular weight is 430 g/mol. The van der Waals surface area contributed by atoms with E-state index in [1.54, 1.807) is 24.3 Å². The summed E-state index contributed by atoms with van der Waals surface area (Å²) < 4.78 is 43.4. The molecule has 0 saturated heterocycles. The van der Waals surface area contributed by atoms with E-state index in [2.05, 4.69) is 15.5 Å². The molecule has 31 heavy (non-hydrogen) atoms. The van der Waals surface area contributed by atoms with Crippen LogP contribution in [0.15, 0.2) is 72.1 Å². The van der Waals surface area contributed by atoms with E-state index in [0.717, 1.165) is 12.1 Å². The lowest BCUT2D eigenvalue weighted by atomic mass is 10.1. The van der Waals surface area contributed by atoms with E-state index in [-0.39, 0.29) is 17.0 Å². The molecule has 3 rings (SSSR count). The number of hydrogen-bond acceptors (Lipinski definition) is 7. The molecular weight excluding hydrogens is 417 g/mol. The predicted molar refractivity (Wildman–Crippen MR) is 105 cm³/mol. The number of pyridine rings is 1. The van der Waals surface area contributed by atoms with Crippen LogP contribution >= 0.6 is 0 Å². The third-order valence-electron chi connectivity index (χ3n) is 3.91. The molecule has 0 fully saturated rings. The third kappa shape index (κ3) is 5.63. The van der Waals surface area contributed by atoms with Crippen molar-refractivity contribution in [2.75, 3.05) is 5.43 Å². The number of nitrogens with zero attached hydrogens (tertiary/aromatic N) is 3. The highest BCUT2D eigenvalue weighted by Gasteiger charge is 2.33. The Labute approximate surface area is 173 Å². The molecule has 1 N–H and O–H groups in total. The Morgan fingerprint density at radius 2 is 1.90 bits per heavy atom. The van der Waals surface area contributed by atoms with Crippen molar-refractivity contribution >= 4 is 23.6 Å². The number of carbonyl (C=O) groups excluding carboxylic acids is 1. The first-order valence-electron chi connectivity index (χ1n) is 8.61.